The third-order valence-electron chi connectivity index (χ3n) is 5.81. The van der Waals surface area contributed by atoms with Gasteiger partial charge in [-0.15, -0.1) is 10.2 Å². The molecule has 8 heteroatoms. The lowest BCUT2D eigenvalue weighted by Crippen LogP contribution is -2.42. The van der Waals surface area contributed by atoms with Gasteiger partial charge >= 0.3 is 0 Å². The summed E-state index contributed by atoms with van der Waals surface area (Å²) in [6, 6.07) is 11.6. The molecule has 1 aliphatic rings. The molecule has 1 fully saturated rings. The van der Waals surface area contributed by atoms with E-state index in [9.17, 15) is 4.79 Å². The van der Waals surface area contributed by atoms with E-state index in [1.54, 1.807) is 6.26 Å². The zero-order valence-electron chi connectivity index (χ0n) is 17.8. The molecule has 0 aliphatic heterocycles. The Kier molecular flexibility index (Phi) is 7.02. The van der Waals surface area contributed by atoms with Gasteiger partial charge in [-0.2, -0.15) is 0 Å². The third kappa shape index (κ3) is 5.15. The minimum absolute atomic E-state index is 0.137. The van der Waals surface area contributed by atoms with Crippen molar-refractivity contribution < 1.29 is 9.21 Å². The lowest BCUT2D eigenvalue weighted by molar-refractivity contribution is -0.131. The van der Waals surface area contributed by atoms with Crippen molar-refractivity contribution in [2.24, 2.45) is 0 Å². The number of carbonyl (C=O) groups is 1. The Bertz CT molecular complexity index is 997. The molecule has 1 atom stereocenters. The number of furan rings is 1. The lowest BCUT2D eigenvalue weighted by Gasteiger charge is -2.32. The van der Waals surface area contributed by atoms with Gasteiger partial charge in [0.25, 0.3) is 0 Å². The molecule has 0 radical (unpaired) electrons. The number of amides is 1. The van der Waals surface area contributed by atoms with Crippen molar-refractivity contribution in [1.29, 1.82) is 0 Å². The van der Waals surface area contributed by atoms with Gasteiger partial charge in [-0.3, -0.25) is 9.36 Å². The second-order valence-electron chi connectivity index (χ2n) is 7.98. The van der Waals surface area contributed by atoms with Crippen LogP contribution in [0.5, 0.6) is 0 Å². The number of aromatic nitrogens is 3. The number of nitrogens with zero attached hydrogens (tertiary/aromatic N) is 4. The van der Waals surface area contributed by atoms with E-state index in [2.05, 4.69) is 10.2 Å². The van der Waals surface area contributed by atoms with Crippen molar-refractivity contribution >= 4 is 29.3 Å². The number of thioether (sulfide) groups is 1. The van der Waals surface area contributed by atoms with Crippen molar-refractivity contribution in [3.05, 3.63) is 53.4 Å². The first-order valence-corrected chi connectivity index (χ1v) is 11.9. The quantitative estimate of drug-likeness (QED) is 0.436. The van der Waals surface area contributed by atoms with Crippen LogP contribution in [-0.2, 0) is 11.3 Å². The first-order chi connectivity index (χ1) is 15.0. The summed E-state index contributed by atoms with van der Waals surface area (Å²) in [5, 5.41) is 9.95. The normalized spacial score (nSPS) is 15.7. The molecule has 2 heterocycles. The minimum Gasteiger partial charge on any atom is -0.467 e. The van der Waals surface area contributed by atoms with E-state index in [1.165, 1.54) is 31.0 Å². The van der Waals surface area contributed by atoms with Gasteiger partial charge in [-0.25, -0.2) is 0 Å². The zero-order valence-corrected chi connectivity index (χ0v) is 19.4. The van der Waals surface area contributed by atoms with Gasteiger partial charge < -0.3 is 9.32 Å². The highest BCUT2D eigenvalue weighted by Gasteiger charge is 2.28. The first-order valence-electron chi connectivity index (χ1n) is 10.7. The number of rotatable bonds is 7. The van der Waals surface area contributed by atoms with Crippen LogP contribution < -0.4 is 0 Å². The van der Waals surface area contributed by atoms with Crippen molar-refractivity contribution in [1.82, 2.24) is 19.7 Å². The standard InChI is InChI=1S/C23H27ClN4O2S/c1-16(22(29)27(2)19-7-4-3-5-8-19)31-23-26-25-21(17-10-12-18(24)13-11-17)28(23)15-20-9-6-14-30-20/h6,9-14,16,19H,3-5,7-8,15H2,1-2H3. The largest absolute Gasteiger partial charge is 0.467 e. The fourth-order valence-electron chi connectivity index (χ4n) is 4.03. The fourth-order valence-corrected chi connectivity index (χ4v) is 5.11. The van der Waals surface area contributed by atoms with E-state index in [0.29, 0.717) is 22.8 Å². The smallest absolute Gasteiger partial charge is 0.235 e. The van der Waals surface area contributed by atoms with E-state index < -0.39 is 0 Å². The van der Waals surface area contributed by atoms with Gasteiger partial charge in [0.1, 0.15) is 5.76 Å². The van der Waals surface area contributed by atoms with E-state index in [1.807, 2.05) is 59.8 Å². The Morgan fingerprint density at radius 2 is 1.97 bits per heavy atom. The maximum absolute atomic E-state index is 13.1. The van der Waals surface area contributed by atoms with Crippen LogP contribution in [0.4, 0.5) is 0 Å². The van der Waals surface area contributed by atoms with Gasteiger partial charge in [0.15, 0.2) is 11.0 Å². The maximum atomic E-state index is 13.1. The molecule has 6 nitrogen and oxygen atoms in total. The fraction of sp³-hybridized carbons (Fsp3) is 0.435. The molecule has 4 rings (SSSR count). The lowest BCUT2D eigenvalue weighted by atomic mass is 9.94. The van der Waals surface area contributed by atoms with Crippen molar-refractivity contribution in [3.8, 4) is 11.4 Å². The number of benzene rings is 1. The van der Waals surface area contributed by atoms with Crippen LogP contribution in [0.2, 0.25) is 5.02 Å². The molecular weight excluding hydrogens is 432 g/mol. The number of carbonyl (C=O) groups excluding carboxylic acids is 1. The molecule has 1 unspecified atom stereocenters. The van der Waals surface area contributed by atoms with Crippen LogP contribution in [-0.4, -0.2) is 43.9 Å². The van der Waals surface area contributed by atoms with E-state index >= 15 is 0 Å². The number of hydrogen-bond donors (Lipinski definition) is 0. The number of hydrogen-bond acceptors (Lipinski definition) is 5. The molecule has 0 N–H and O–H groups in total. The summed E-state index contributed by atoms with van der Waals surface area (Å²) in [7, 11) is 1.93. The Labute approximate surface area is 192 Å². The molecule has 3 aromatic rings. The molecule has 164 valence electrons. The molecule has 2 aromatic heterocycles. The molecule has 0 saturated heterocycles. The SMILES string of the molecule is CC(Sc1nnc(-c2ccc(Cl)cc2)n1Cc1ccco1)C(=O)N(C)C1CCCCC1. The summed E-state index contributed by atoms with van der Waals surface area (Å²) < 4.78 is 7.56. The predicted molar refractivity (Wildman–Crippen MR) is 123 cm³/mol. The Hall–Kier alpha value is -2.25. The van der Waals surface area contributed by atoms with Crippen LogP contribution in [0.25, 0.3) is 11.4 Å². The van der Waals surface area contributed by atoms with E-state index in [0.717, 1.165) is 30.0 Å². The summed E-state index contributed by atoms with van der Waals surface area (Å²) in [4.78, 5) is 15.0. The third-order valence-corrected chi connectivity index (χ3v) is 7.13. The Morgan fingerprint density at radius 1 is 1.23 bits per heavy atom. The van der Waals surface area contributed by atoms with Gasteiger partial charge in [-0.05, 0) is 56.2 Å². The predicted octanol–water partition coefficient (Wildman–Crippen LogP) is 5.51. The minimum atomic E-state index is -0.260. The van der Waals surface area contributed by atoms with Crippen LogP contribution in [0.15, 0.2) is 52.2 Å². The second kappa shape index (κ2) is 9.92. The molecular formula is C23H27ClN4O2S. The van der Waals surface area contributed by atoms with Gasteiger partial charge in [0.2, 0.25) is 5.91 Å². The Balaban J connectivity index is 1.56. The number of halogens is 1. The summed E-state index contributed by atoms with van der Waals surface area (Å²) in [5.41, 5.74) is 0.911. The van der Waals surface area contributed by atoms with Gasteiger partial charge in [0, 0.05) is 23.7 Å². The molecule has 1 aromatic carbocycles. The summed E-state index contributed by atoms with van der Waals surface area (Å²) >= 11 is 7.49. The van der Waals surface area contributed by atoms with Gasteiger partial charge in [-0.1, -0.05) is 42.6 Å². The van der Waals surface area contributed by atoms with Crippen LogP contribution in [0.3, 0.4) is 0 Å². The maximum Gasteiger partial charge on any atom is 0.235 e. The molecule has 31 heavy (non-hydrogen) atoms. The zero-order chi connectivity index (χ0) is 21.8. The molecule has 0 spiro atoms. The van der Waals surface area contributed by atoms with Gasteiger partial charge in [0.05, 0.1) is 18.1 Å². The second-order valence-corrected chi connectivity index (χ2v) is 9.72. The summed E-state index contributed by atoms with van der Waals surface area (Å²) in [5.74, 6) is 1.66. The summed E-state index contributed by atoms with van der Waals surface area (Å²) in [6.45, 7) is 2.43. The van der Waals surface area contributed by atoms with Crippen LogP contribution in [0, 0.1) is 0 Å². The molecule has 0 bridgehead atoms. The first kappa shape index (κ1) is 22.0. The van der Waals surface area contributed by atoms with E-state index in [4.69, 9.17) is 16.0 Å². The van der Waals surface area contributed by atoms with Crippen molar-refractivity contribution in [2.75, 3.05) is 7.05 Å². The highest BCUT2D eigenvalue weighted by Crippen LogP contribution is 2.30. The highest BCUT2D eigenvalue weighted by atomic mass is 35.5. The topological polar surface area (TPSA) is 64.2 Å². The highest BCUT2D eigenvalue weighted by molar-refractivity contribution is 8.00. The van der Waals surface area contributed by atoms with Crippen molar-refractivity contribution in [2.45, 2.75) is 62.0 Å². The average Bonchev–Trinajstić information content (AvgIpc) is 3.45. The average molecular weight is 459 g/mol. The molecule has 1 saturated carbocycles. The monoisotopic (exact) mass is 458 g/mol. The molecule has 1 aliphatic carbocycles. The van der Waals surface area contributed by atoms with Crippen LogP contribution >= 0.6 is 23.4 Å². The van der Waals surface area contributed by atoms with Crippen molar-refractivity contribution in [3.63, 3.8) is 0 Å². The molecule has 1 amide bonds. The van der Waals surface area contributed by atoms with E-state index in [-0.39, 0.29) is 11.2 Å². The Morgan fingerprint density at radius 3 is 2.65 bits per heavy atom. The van der Waals surface area contributed by atoms with Crippen LogP contribution in [0.1, 0.15) is 44.8 Å². The summed E-state index contributed by atoms with van der Waals surface area (Å²) in [6.07, 6.45) is 7.51.